The number of hydrogen-bond donors (Lipinski definition) is 1. The summed E-state index contributed by atoms with van der Waals surface area (Å²) in [5.41, 5.74) is 0.609. The summed E-state index contributed by atoms with van der Waals surface area (Å²) in [6, 6.07) is 5.69. The Morgan fingerprint density at radius 2 is 1.59 bits per heavy atom. The molecule has 0 spiro atoms. The molecule has 1 aromatic heterocycles. The zero-order valence-corrected chi connectivity index (χ0v) is 12.6. The minimum Gasteiger partial charge on any atom is -0.387 e. The molecule has 0 saturated heterocycles. The van der Waals surface area contributed by atoms with Crippen molar-refractivity contribution in [3.63, 3.8) is 0 Å². The lowest BCUT2D eigenvalue weighted by molar-refractivity contribution is 0.181. The van der Waals surface area contributed by atoms with E-state index in [0.717, 1.165) is 12.4 Å². The molecule has 1 N–H and O–H groups in total. The molecule has 6 heteroatoms. The summed E-state index contributed by atoms with van der Waals surface area (Å²) in [6.07, 6.45) is 1.38. The molecule has 118 valence electrons. The zero-order valence-electron chi connectivity index (χ0n) is 12.6. The highest BCUT2D eigenvalue weighted by molar-refractivity contribution is 5.30. The van der Waals surface area contributed by atoms with Crippen molar-refractivity contribution in [3.05, 3.63) is 53.9 Å². The van der Waals surface area contributed by atoms with Crippen LogP contribution in [-0.2, 0) is 0 Å². The normalized spacial score (nSPS) is 12.5. The average Bonchev–Trinajstić information content (AvgIpc) is 2.47. The fourth-order valence-electron chi connectivity index (χ4n) is 2.15. The molecule has 1 unspecified atom stereocenters. The van der Waals surface area contributed by atoms with Crippen molar-refractivity contribution in [2.24, 2.45) is 5.92 Å². The lowest BCUT2D eigenvalue weighted by Gasteiger charge is -2.27. The lowest BCUT2D eigenvalue weighted by Crippen LogP contribution is -2.33. The Kier molecular flexibility index (Phi) is 5.38. The third kappa shape index (κ3) is 4.46. The van der Waals surface area contributed by atoms with Crippen LogP contribution in [0, 0.1) is 17.6 Å². The lowest BCUT2D eigenvalue weighted by atomic mass is 10.1. The van der Waals surface area contributed by atoms with Crippen LogP contribution in [0.5, 0.6) is 0 Å². The van der Waals surface area contributed by atoms with Crippen molar-refractivity contribution in [2.75, 3.05) is 18.0 Å². The van der Waals surface area contributed by atoms with Gasteiger partial charge in [-0.2, -0.15) is 0 Å². The first kappa shape index (κ1) is 16.3. The standard InChI is InChI=1S/C16H19F2N3O/c1-11(2)9-21(16-19-7-14(18)8-20-16)10-15(22)12-3-5-13(17)6-4-12/h3-8,11,15,22H,9-10H2,1-2H3. The molecule has 1 atom stereocenters. The number of benzene rings is 1. The Labute approximate surface area is 128 Å². The summed E-state index contributed by atoms with van der Waals surface area (Å²) in [6.45, 7) is 4.92. The largest absolute Gasteiger partial charge is 0.387 e. The molecule has 2 rings (SSSR count). The van der Waals surface area contributed by atoms with Gasteiger partial charge in [-0.25, -0.2) is 18.7 Å². The molecular weight excluding hydrogens is 288 g/mol. The summed E-state index contributed by atoms with van der Waals surface area (Å²) in [4.78, 5) is 9.71. The van der Waals surface area contributed by atoms with Crippen molar-refractivity contribution in [3.8, 4) is 0 Å². The van der Waals surface area contributed by atoms with E-state index < -0.39 is 11.9 Å². The highest BCUT2D eigenvalue weighted by Gasteiger charge is 2.17. The fraction of sp³-hybridized carbons (Fsp3) is 0.375. The summed E-state index contributed by atoms with van der Waals surface area (Å²) < 4.78 is 25.9. The Bertz CT molecular complexity index is 587. The summed E-state index contributed by atoms with van der Waals surface area (Å²) in [7, 11) is 0. The number of aromatic nitrogens is 2. The molecule has 0 radical (unpaired) electrons. The van der Waals surface area contributed by atoms with E-state index in [4.69, 9.17) is 0 Å². The second-order valence-electron chi connectivity index (χ2n) is 5.57. The topological polar surface area (TPSA) is 49.2 Å². The van der Waals surface area contributed by atoms with Crippen LogP contribution in [0.25, 0.3) is 0 Å². The van der Waals surface area contributed by atoms with Crippen molar-refractivity contribution in [1.29, 1.82) is 0 Å². The van der Waals surface area contributed by atoms with Crippen LogP contribution in [0.15, 0.2) is 36.7 Å². The van der Waals surface area contributed by atoms with Crippen LogP contribution >= 0.6 is 0 Å². The predicted molar refractivity (Wildman–Crippen MR) is 80.4 cm³/mol. The monoisotopic (exact) mass is 307 g/mol. The molecule has 0 amide bonds. The van der Waals surface area contributed by atoms with Gasteiger partial charge in [0, 0.05) is 6.54 Å². The molecule has 1 heterocycles. The van der Waals surface area contributed by atoms with Gasteiger partial charge in [-0.15, -0.1) is 0 Å². The van der Waals surface area contributed by atoms with Gasteiger partial charge >= 0.3 is 0 Å². The summed E-state index contributed by atoms with van der Waals surface area (Å²) in [5.74, 6) is -0.186. The average molecular weight is 307 g/mol. The SMILES string of the molecule is CC(C)CN(CC(O)c1ccc(F)cc1)c1ncc(F)cn1. The van der Waals surface area contributed by atoms with Gasteiger partial charge in [0.15, 0.2) is 5.82 Å². The molecule has 0 aliphatic carbocycles. The van der Waals surface area contributed by atoms with Gasteiger partial charge in [0.1, 0.15) is 5.82 Å². The highest BCUT2D eigenvalue weighted by atomic mass is 19.1. The molecule has 0 aliphatic heterocycles. The first-order valence-corrected chi connectivity index (χ1v) is 7.11. The Morgan fingerprint density at radius 3 is 2.14 bits per heavy atom. The van der Waals surface area contributed by atoms with Gasteiger partial charge in [-0.1, -0.05) is 26.0 Å². The van der Waals surface area contributed by atoms with Gasteiger partial charge in [0.25, 0.3) is 0 Å². The fourth-order valence-corrected chi connectivity index (χ4v) is 2.15. The Morgan fingerprint density at radius 1 is 1.00 bits per heavy atom. The van der Waals surface area contributed by atoms with E-state index in [1.807, 2.05) is 13.8 Å². The second-order valence-corrected chi connectivity index (χ2v) is 5.57. The molecule has 0 bridgehead atoms. The van der Waals surface area contributed by atoms with Crippen LogP contribution in [0.4, 0.5) is 14.7 Å². The van der Waals surface area contributed by atoms with Crippen LogP contribution in [0.1, 0.15) is 25.5 Å². The molecule has 0 fully saturated rings. The molecule has 0 saturated carbocycles. The minimum absolute atomic E-state index is 0.245. The highest BCUT2D eigenvalue weighted by Crippen LogP contribution is 2.18. The Balaban J connectivity index is 2.15. The van der Waals surface area contributed by atoms with Gasteiger partial charge < -0.3 is 10.0 Å². The van der Waals surface area contributed by atoms with Gasteiger partial charge in [0.2, 0.25) is 5.95 Å². The number of rotatable bonds is 6. The number of nitrogens with zero attached hydrogens (tertiary/aromatic N) is 3. The zero-order chi connectivity index (χ0) is 16.1. The molecule has 0 aliphatic rings. The van der Waals surface area contributed by atoms with Gasteiger partial charge in [0.05, 0.1) is 25.0 Å². The van der Waals surface area contributed by atoms with Crippen LogP contribution in [0.3, 0.4) is 0 Å². The first-order chi connectivity index (χ1) is 10.5. The minimum atomic E-state index is -0.812. The van der Waals surface area contributed by atoms with Gasteiger partial charge in [-0.05, 0) is 23.6 Å². The number of aliphatic hydroxyl groups is 1. The maximum Gasteiger partial charge on any atom is 0.225 e. The molecule has 22 heavy (non-hydrogen) atoms. The number of halogens is 2. The van der Waals surface area contributed by atoms with Gasteiger partial charge in [-0.3, -0.25) is 0 Å². The van der Waals surface area contributed by atoms with E-state index in [-0.39, 0.29) is 12.4 Å². The smallest absolute Gasteiger partial charge is 0.225 e. The quantitative estimate of drug-likeness (QED) is 0.891. The second kappa shape index (κ2) is 7.26. The summed E-state index contributed by atoms with van der Waals surface area (Å²) >= 11 is 0. The Hall–Kier alpha value is -2.08. The third-order valence-electron chi connectivity index (χ3n) is 3.12. The first-order valence-electron chi connectivity index (χ1n) is 7.11. The van der Waals surface area contributed by atoms with Crippen molar-refractivity contribution in [2.45, 2.75) is 20.0 Å². The van der Waals surface area contributed by atoms with E-state index in [1.54, 1.807) is 17.0 Å². The number of aliphatic hydroxyl groups excluding tert-OH is 1. The van der Waals surface area contributed by atoms with Crippen molar-refractivity contribution in [1.82, 2.24) is 9.97 Å². The van der Waals surface area contributed by atoms with Crippen LogP contribution in [-0.4, -0.2) is 28.2 Å². The molecule has 2 aromatic rings. The third-order valence-corrected chi connectivity index (χ3v) is 3.12. The van der Waals surface area contributed by atoms with Crippen LogP contribution in [0.2, 0.25) is 0 Å². The van der Waals surface area contributed by atoms with Crippen molar-refractivity contribution >= 4 is 5.95 Å². The number of hydrogen-bond acceptors (Lipinski definition) is 4. The predicted octanol–water partition coefficient (Wildman–Crippen LogP) is 2.95. The maximum atomic E-state index is 12.9. The van der Waals surface area contributed by atoms with E-state index in [9.17, 15) is 13.9 Å². The van der Waals surface area contributed by atoms with Crippen LogP contribution < -0.4 is 4.90 Å². The van der Waals surface area contributed by atoms with E-state index in [0.29, 0.717) is 24.0 Å². The number of anilines is 1. The van der Waals surface area contributed by atoms with E-state index in [2.05, 4.69) is 9.97 Å². The molecule has 4 nitrogen and oxygen atoms in total. The van der Waals surface area contributed by atoms with E-state index >= 15 is 0 Å². The summed E-state index contributed by atoms with van der Waals surface area (Å²) in [5, 5.41) is 10.3. The van der Waals surface area contributed by atoms with E-state index in [1.165, 1.54) is 12.1 Å². The molecular formula is C16H19F2N3O. The maximum absolute atomic E-state index is 12.9. The molecule has 1 aromatic carbocycles. The van der Waals surface area contributed by atoms with Crippen molar-refractivity contribution < 1.29 is 13.9 Å².